The number of nitrogens with one attached hydrogen (secondary N) is 1. The maximum absolute atomic E-state index is 13.4. The third-order valence-electron chi connectivity index (χ3n) is 6.63. The smallest absolute Gasteiger partial charge is 0.225 e. The molecule has 5 nitrogen and oxygen atoms in total. The topological polar surface area (TPSA) is 44.8 Å². The molecule has 0 spiro atoms. The predicted octanol–water partition coefficient (Wildman–Crippen LogP) is 3.98. The van der Waals surface area contributed by atoms with Crippen LogP contribution in [0.1, 0.15) is 10.4 Å². The quantitative estimate of drug-likeness (QED) is 0.621. The number of methoxy groups -OCH3 is 1. The summed E-state index contributed by atoms with van der Waals surface area (Å²) >= 11 is 1.74. The van der Waals surface area contributed by atoms with Gasteiger partial charge in [-0.05, 0) is 48.1 Å². The molecule has 0 saturated carbocycles. The van der Waals surface area contributed by atoms with E-state index in [0.717, 1.165) is 38.2 Å². The van der Waals surface area contributed by atoms with E-state index in [4.69, 9.17) is 4.74 Å². The van der Waals surface area contributed by atoms with Gasteiger partial charge in [0.05, 0.1) is 19.1 Å². The molecule has 6 heteroatoms. The van der Waals surface area contributed by atoms with Crippen molar-refractivity contribution in [2.75, 3.05) is 43.1 Å². The van der Waals surface area contributed by atoms with Gasteiger partial charge in [-0.1, -0.05) is 30.3 Å². The van der Waals surface area contributed by atoms with Crippen LogP contribution in [0.2, 0.25) is 0 Å². The molecule has 0 aliphatic carbocycles. The largest absolute Gasteiger partial charge is 0.497 e. The van der Waals surface area contributed by atoms with Crippen LogP contribution in [0.3, 0.4) is 0 Å². The molecule has 1 amide bonds. The molecule has 2 aliphatic heterocycles. The summed E-state index contributed by atoms with van der Waals surface area (Å²) in [4.78, 5) is 19.5. The molecule has 5 rings (SSSR count). The van der Waals surface area contributed by atoms with Crippen molar-refractivity contribution in [3.8, 4) is 5.75 Å². The Morgan fingerprint density at radius 2 is 2.00 bits per heavy atom. The molecular weight excluding hydrogens is 418 g/mol. The van der Waals surface area contributed by atoms with Crippen LogP contribution >= 0.6 is 11.3 Å². The van der Waals surface area contributed by atoms with E-state index in [1.807, 2.05) is 12.1 Å². The molecule has 2 atom stereocenters. The second-order valence-electron chi connectivity index (χ2n) is 8.47. The standard InChI is InChI=1S/C26H29N3O2S/c1-31-21-10-9-19-16-23(26(30)27-12-11-22-8-5-15-32-22)25-18-28(20-6-3-2-4-7-20)13-14-29(25)24(19)17-21/h2-10,15,17,23,25H,11-14,16,18H2,1H3,(H,27,30)/t23-,25-/m0/s1. The van der Waals surface area contributed by atoms with Crippen LogP contribution in [-0.4, -0.2) is 45.2 Å². The van der Waals surface area contributed by atoms with Crippen molar-refractivity contribution >= 4 is 28.6 Å². The Labute approximate surface area is 193 Å². The number of benzene rings is 2. The first-order valence-electron chi connectivity index (χ1n) is 11.3. The van der Waals surface area contributed by atoms with Gasteiger partial charge in [-0.15, -0.1) is 11.3 Å². The van der Waals surface area contributed by atoms with Crippen LogP contribution in [0.5, 0.6) is 5.75 Å². The van der Waals surface area contributed by atoms with Gasteiger partial charge in [0, 0.05) is 48.5 Å². The maximum atomic E-state index is 13.4. The molecule has 1 saturated heterocycles. The average Bonchev–Trinajstić information content (AvgIpc) is 3.37. The van der Waals surface area contributed by atoms with Gasteiger partial charge in [-0.2, -0.15) is 0 Å². The van der Waals surface area contributed by atoms with Crippen molar-refractivity contribution < 1.29 is 9.53 Å². The number of piperazine rings is 1. The van der Waals surface area contributed by atoms with Gasteiger partial charge in [-0.3, -0.25) is 4.79 Å². The van der Waals surface area contributed by atoms with Crippen LogP contribution in [0, 0.1) is 5.92 Å². The molecule has 0 unspecified atom stereocenters. The molecule has 3 heterocycles. The second-order valence-corrected chi connectivity index (χ2v) is 9.50. The zero-order chi connectivity index (χ0) is 21.9. The summed E-state index contributed by atoms with van der Waals surface area (Å²) in [6.07, 6.45) is 1.64. The van der Waals surface area contributed by atoms with E-state index < -0.39 is 0 Å². The van der Waals surface area contributed by atoms with Crippen molar-refractivity contribution in [1.29, 1.82) is 0 Å². The summed E-state index contributed by atoms with van der Waals surface area (Å²) in [7, 11) is 1.71. The van der Waals surface area contributed by atoms with E-state index >= 15 is 0 Å². The number of hydrogen-bond donors (Lipinski definition) is 1. The molecule has 0 bridgehead atoms. The third-order valence-corrected chi connectivity index (χ3v) is 7.57. The molecule has 1 N–H and O–H groups in total. The summed E-state index contributed by atoms with van der Waals surface area (Å²) in [5, 5.41) is 5.31. The first kappa shape index (κ1) is 20.9. The Balaban J connectivity index is 1.38. The Bertz CT molecular complexity index is 1050. The molecule has 166 valence electrons. The number of para-hydroxylation sites is 1. The van der Waals surface area contributed by atoms with E-state index in [9.17, 15) is 4.79 Å². The van der Waals surface area contributed by atoms with Gasteiger partial charge < -0.3 is 19.9 Å². The fraction of sp³-hybridized carbons (Fsp3) is 0.346. The lowest BCUT2D eigenvalue weighted by molar-refractivity contribution is -0.125. The average molecular weight is 448 g/mol. The minimum atomic E-state index is -0.0780. The Morgan fingerprint density at radius 1 is 1.12 bits per heavy atom. The number of ether oxygens (including phenoxy) is 1. The highest BCUT2D eigenvalue weighted by molar-refractivity contribution is 7.09. The van der Waals surface area contributed by atoms with E-state index in [2.05, 4.69) is 69.0 Å². The number of carbonyl (C=O) groups excluding carboxylic acids is 1. The lowest BCUT2D eigenvalue weighted by Crippen LogP contribution is -2.61. The number of rotatable bonds is 6. The highest BCUT2D eigenvalue weighted by atomic mass is 32.1. The van der Waals surface area contributed by atoms with Crippen LogP contribution in [0.25, 0.3) is 0 Å². The molecule has 2 aromatic carbocycles. The monoisotopic (exact) mass is 447 g/mol. The van der Waals surface area contributed by atoms with Crippen molar-refractivity contribution in [2.45, 2.75) is 18.9 Å². The summed E-state index contributed by atoms with van der Waals surface area (Å²) in [6, 6.07) is 21.1. The summed E-state index contributed by atoms with van der Waals surface area (Å²) in [5.41, 5.74) is 3.67. The van der Waals surface area contributed by atoms with Crippen molar-refractivity contribution in [3.63, 3.8) is 0 Å². The number of nitrogens with zero attached hydrogens (tertiary/aromatic N) is 2. The van der Waals surface area contributed by atoms with Crippen LogP contribution in [0.4, 0.5) is 11.4 Å². The normalized spacial score (nSPS) is 19.8. The lowest BCUT2D eigenvalue weighted by atomic mass is 9.83. The Kier molecular flexibility index (Phi) is 6.04. The van der Waals surface area contributed by atoms with E-state index in [-0.39, 0.29) is 17.9 Å². The first-order valence-corrected chi connectivity index (χ1v) is 12.1. The fourth-order valence-corrected chi connectivity index (χ4v) is 5.68. The molecule has 2 aliphatic rings. The molecular formula is C26H29N3O2S. The maximum Gasteiger partial charge on any atom is 0.225 e. The number of carbonyl (C=O) groups is 1. The minimum absolute atomic E-state index is 0.0780. The first-order chi connectivity index (χ1) is 15.7. The molecule has 3 aromatic rings. The number of anilines is 2. The third kappa shape index (κ3) is 4.19. The molecule has 1 fully saturated rings. The second kappa shape index (κ2) is 9.25. The van der Waals surface area contributed by atoms with E-state index in [1.165, 1.54) is 21.8 Å². The number of amides is 1. The Hall–Kier alpha value is -2.99. The zero-order valence-corrected chi connectivity index (χ0v) is 19.2. The van der Waals surface area contributed by atoms with Gasteiger partial charge in [-0.25, -0.2) is 0 Å². The molecule has 1 aromatic heterocycles. The minimum Gasteiger partial charge on any atom is -0.497 e. The molecule has 32 heavy (non-hydrogen) atoms. The highest BCUT2D eigenvalue weighted by Crippen LogP contribution is 2.38. The molecule has 0 radical (unpaired) electrons. The van der Waals surface area contributed by atoms with Crippen LogP contribution in [-0.2, 0) is 17.6 Å². The Morgan fingerprint density at radius 3 is 2.78 bits per heavy atom. The van der Waals surface area contributed by atoms with E-state index in [1.54, 1.807) is 18.4 Å². The predicted molar refractivity (Wildman–Crippen MR) is 131 cm³/mol. The van der Waals surface area contributed by atoms with Crippen LogP contribution < -0.4 is 19.9 Å². The number of thiophene rings is 1. The fourth-order valence-electron chi connectivity index (χ4n) is 4.97. The van der Waals surface area contributed by atoms with Crippen LogP contribution in [0.15, 0.2) is 66.0 Å². The summed E-state index contributed by atoms with van der Waals surface area (Å²) in [6.45, 7) is 3.34. The van der Waals surface area contributed by atoms with Gasteiger partial charge in [0.2, 0.25) is 5.91 Å². The lowest BCUT2D eigenvalue weighted by Gasteiger charge is -2.49. The van der Waals surface area contributed by atoms with Crippen molar-refractivity contribution in [3.05, 3.63) is 76.5 Å². The summed E-state index contributed by atoms with van der Waals surface area (Å²) < 4.78 is 5.50. The van der Waals surface area contributed by atoms with Crippen molar-refractivity contribution in [1.82, 2.24) is 5.32 Å². The number of fused-ring (bicyclic) bond motifs is 3. The van der Waals surface area contributed by atoms with Gasteiger partial charge in [0.1, 0.15) is 5.75 Å². The SMILES string of the molecule is COc1ccc2c(c1)N1CCN(c3ccccc3)C[C@H]1[C@@H](C(=O)NCCc1cccs1)C2. The van der Waals surface area contributed by atoms with E-state index in [0.29, 0.717) is 6.54 Å². The van der Waals surface area contributed by atoms with Gasteiger partial charge >= 0.3 is 0 Å². The highest BCUT2D eigenvalue weighted by Gasteiger charge is 2.41. The number of hydrogen-bond acceptors (Lipinski definition) is 5. The summed E-state index contributed by atoms with van der Waals surface area (Å²) in [5.74, 6) is 0.950. The van der Waals surface area contributed by atoms with Gasteiger partial charge in [0.15, 0.2) is 0 Å². The van der Waals surface area contributed by atoms with Crippen molar-refractivity contribution in [2.24, 2.45) is 5.92 Å². The zero-order valence-electron chi connectivity index (χ0n) is 18.4. The van der Waals surface area contributed by atoms with Gasteiger partial charge in [0.25, 0.3) is 0 Å².